The normalized spacial score (nSPS) is 28.2. The van der Waals surface area contributed by atoms with Crippen molar-refractivity contribution in [3.05, 3.63) is 24.3 Å². The number of piperidine rings is 1. The predicted octanol–water partition coefficient (Wildman–Crippen LogP) is 2.76. The fourth-order valence-corrected chi connectivity index (χ4v) is 6.80. The van der Waals surface area contributed by atoms with Gasteiger partial charge >= 0.3 is 0 Å². The van der Waals surface area contributed by atoms with Crippen molar-refractivity contribution in [1.29, 1.82) is 5.26 Å². The molecule has 4 saturated heterocycles. The summed E-state index contributed by atoms with van der Waals surface area (Å²) in [6.45, 7) is 10.3. The molecule has 164 valence electrons. The van der Waals surface area contributed by atoms with Crippen molar-refractivity contribution in [2.75, 3.05) is 60.6 Å². The van der Waals surface area contributed by atoms with Crippen LogP contribution in [0.5, 0.6) is 0 Å². The molecule has 0 saturated carbocycles. The summed E-state index contributed by atoms with van der Waals surface area (Å²) in [7, 11) is -2.86. The molecule has 4 fully saturated rings. The minimum absolute atomic E-state index is 0.250. The van der Waals surface area contributed by atoms with E-state index in [0.29, 0.717) is 31.5 Å². The van der Waals surface area contributed by atoms with Gasteiger partial charge in [0.2, 0.25) is 0 Å². The number of nitriles is 1. The topological polar surface area (TPSA) is 67.7 Å². The van der Waals surface area contributed by atoms with E-state index >= 15 is 0 Å². The highest BCUT2D eigenvalue weighted by Gasteiger charge is 2.45. The van der Waals surface area contributed by atoms with Crippen LogP contribution in [0, 0.1) is 22.7 Å². The van der Waals surface area contributed by atoms with Gasteiger partial charge in [0.15, 0.2) is 9.84 Å². The van der Waals surface area contributed by atoms with Gasteiger partial charge in [-0.2, -0.15) is 5.26 Å². The van der Waals surface area contributed by atoms with Crippen molar-refractivity contribution in [1.82, 2.24) is 4.90 Å². The zero-order chi connectivity index (χ0) is 21.4. The lowest BCUT2D eigenvalue weighted by atomic mass is 9.73. The fraction of sp³-hybridized carbons (Fsp3) is 0.696. The molecule has 6 nitrogen and oxygen atoms in total. The number of rotatable bonds is 5. The van der Waals surface area contributed by atoms with Gasteiger partial charge in [0, 0.05) is 56.6 Å². The van der Waals surface area contributed by atoms with Gasteiger partial charge in [-0.15, -0.1) is 0 Å². The van der Waals surface area contributed by atoms with Gasteiger partial charge in [0.05, 0.1) is 17.6 Å². The van der Waals surface area contributed by atoms with E-state index in [2.05, 4.69) is 58.9 Å². The summed E-state index contributed by atoms with van der Waals surface area (Å²) in [5.74, 6) is 1.15. The minimum Gasteiger partial charge on any atom is -0.369 e. The first-order chi connectivity index (χ1) is 14.3. The summed E-state index contributed by atoms with van der Waals surface area (Å²) in [6, 6.07) is 11.5. The highest BCUT2D eigenvalue weighted by molar-refractivity contribution is 7.91. The molecule has 4 heterocycles. The first-order valence-electron chi connectivity index (χ1n) is 11.2. The monoisotopic (exact) mass is 430 g/mol. The van der Waals surface area contributed by atoms with Crippen molar-refractivity contribution in [2.45, 2.75) is 39.2 Å². The molecule has 2 atom stereocenters. The lowest BCUT2D eigenvalue weighted by Crippen LogP contribution is -2.53. The Hall–Kier alpha value is -1.78. The van der Waals surface area contributed by atoms with Gasteiger partial charge in [0.1, 0.15) is 0 Å². The lowest BCUT2D eigenvalue weighted by Gasteiger charge is -2.48. The molecule has 4 aliphatic heterocycles. The molecular formula is C23H34N4O2S. The molecule has 5 rings (SSSR count). The van der Waals surface area contributed by atoms with E-state index in [1.165, 1.54) is 12.1 Å². The number of anilines is 2. The number of sulfone groups is 1. The third kappa shape index (κ3) is 4.60. The van der Waals surface area contributed by atoms with E-state index < -0.39 is 9.84 Å². The van der Waals surface area contributed by atoms with Gasteiger partial charge in [-0.25, -0.2) is 8.42 Å². The summed E-state index contributed by atoms with van der Waals surface area (Å²) >= 11 is 0. The van der Waals surface area contributed by atoms with Gasteiger partial charge in [-0.3, -0.25) is 0 Å². The molecular weight excluding hydrogens is 396 g/mol. The quantitative estimate of drug-likeness (QED) is 0.669. The molecule has 1 aromatic carbocycles. The Morgan fingerprint density at radius 2 is 1.73 bits per heavy atom. The highest BCUT2D eigenvalue weighted by Crippen LogP contribution is 2.43. The van der Waals surface area contributed by atoms with Crippen molar-refractivity contribution in [3.8, 4) is 6.07 Å². The maximum Gasteiger partial charge on any atom is 0.153 e. The van der Waals surface area contributed by atoms with Crippen molar-refractivity contribution < 1.29 is 8.42 Å². The fourth-order valence-electron chi connectivity index (χ4n) is 5.60. The molecule has 0 N–H and O–H groups in total. The van der Waals surface area contributed by atoms with E-state index in [9.17, 15) is 8.42 Å². The molecule has 1 aromatic rings. The average Bonchev–Trinajstić information content (AvgIpc) is 2.95. The predicted molar refractivity (Wildman–Crippen MR) is 122 cm³/mol. The van der Waals surface area contributed by atoms with Crippen LogP contribution in [0.25, 0.3) is 0 Å². The highest BCUT2D eigenvalue weighted by atomic mass is 32.2. The van der Waals surface area contributed by atoms with Crippen LogP contribution in [0.4, 0.5) is 11.4 Å². The smallest absolute Gasteiger partial charge is 0.153 e. The van der Waals surface area contributed by atoms with E-state index in [4.69, 9.17) is 5.26 Å². The van der Waals surface area contributed by atoms with E-state index in [1.54, 1.807) is 0 Å². The second-order valence-corrected chi connectivity index (χ2v) is 12.2. The van der Waals surface area contributed by atoms with Crippen LogP contribution < -0.4 is 9.80 Å². The summed E-state index contributed by atoms with van der Waals surface area (Å²) < 4.78 is 23.4. The van der Waals surface area contributed by atoms with Crippen molar-refractivity contribution in [3.63, 3.8) is 0 Å². The van der Waals surface area contributed by atoms with Gasteiger partial charge in [-0.1, -0.05) is 13.8 Å². The Balaban J connectivity index is 1.49. The van der Waals surface area contributed by atoms with Crippen LogP contribution in [-0.4, -0.2) is 70.1 Å². The van der Waals surface area contributed by atoms with E-state index in [1.807, 2.05) is 0 Å². The Labute approximate surface area is 181 Å². The number of benzene rings is 1. The summed E-state index contributed by atoms with van der Waals surface area (Å²) in [5, 5.41) is 8.87. The van der Waals surface area contributed by atoms with Crippen molar-refractivity contribution in [2.24, 2.45) is 11.3 Å². The first kappa shape index (κ1) is 21.5. The van der Waals surface area contributed by atoms with Crippen LogP contribution in [0.1, 0.15) is 33.1 Å². The third-order valence-electron chi connectivity index (χ3n) is 7.15. The molecule has 4 aliphatic rings. The Bertz CT molecular complexity index is 877. The molecule has 30 heavy (non-hydrogen) atoms. The molecule has 0 spiro atoms. The maximum atomic E-state index is 11.7. The summed E-state index contributed by atoms with van der Waals surface area (Å²) in [5.41, 5.74) is 2.64. The molecule has 7 heteroatoms. The second kappa shape index (κ2) is 8.39. The minimum atomic E-state index is -2.86. The Morgan fingerprint density at radius 3 is 2.40 bits per heavy atom. The standard InChI is InChI=1S/C23H34N4O2S/c1-23(2)15-19-16-25(10-4-3-9-24)18-22(23)27(17-19)21-7-5-20(6-8-21)26-11-13-30(28,29)14-12-26/h5-8,19,22H,3-4,10-18H2,1-2H3/t19-,22-/m1/s1. The number of hydrogen-bond acceptors (Lipinski definition) is 6. The number of hydrogen-bond donors (Lipinski definition) is 0. The molecule has 0 aliphatic carbocycles. The maximum absolute atomic E-state index is 11.7. The zero-order valence-corrected chi connectivity index (χ0v) is 19.1. The SMILES string of the molecule is CC1(C)C[C@@H]2CN(CCCC#N)C[C@H]1N(c1ccc(N3CCS(=O)(=O)CC3)cc1)C2. The number of nitrogens with zero attached hydrogens (tertiary/aromatic N) is 4. The number of unbranched alkanes of at least 4 members (excludes halogenated alkanes) is 1. The van der Waals surface area contributed by atoms with Crippen molar-refractivity contribution >= 4 is 21.2 Å². The van der Waals surface area contributed by atoms with Gasteiger partial charge < -0.3 is 14.7 Å². The van der Waals surface area contributed by atoms with Gasteiger partial charge in [-0.05, 0) is 55.0 Å². The third-order valence-corrected chi connectivity index (χ3v) is 8.76. The average molecular weight is 431 g/mol. The van der Waals surface area contributed by atoms with Crippen LogP contribution in [0.2, 0.25) is 0 Å². The zero-order valence-electron chi connectivity index (χ0n) is 18.3. The van der Waals surface area contributed by atoms with E-state index in [-0.39, 0.29) is 16.9 Å². The summed E-state index contributed by atoms with van der Waals surface area (Å²) in [6.07, 6.45) is 2.85. The number of fused-ring (bicyclic) bond motifs is 4. The van der Waals surface area contributed by atoms with Gasteiger partial charge in [0.25, 0.3) is 0 Å². The van der Waals surface area contributed by atoms with Crippen LogP contribution >= 0.6 is 0 Å². The first-order valence-corrected chi connectivity index (χ1v) is 13.0. The molecule has 0 radical (unpaired) electrons. The molecule has 0 aromatic heterocycles. The second-order valence-electron chi connectivity index (χ2n) is 9.90. The Kier molecular flexibility index (Phi) is 6.00. The summed E-state index contributed by atoms with van der Waals surface area (Å²) in [4.78, 5) is 7.35. The molecule has 0 amide bonds. The van der Waals surface area contributed by atoms with E-state index in [0.717, 1.165) is 38.3 Å². The molecule has 0 unspecified atom stereocenters. The lowest BCUT2D eigenvalue weighted by molar-refractivity contribution is 0.190. The largest absolute Gasteiger partial charge is 0.369 e. The molecule has 2 bridgehead atoms. The van der Waals surface area contributed by atoms with Crippen LogP contribution in [-0.2, 0) is 9.84 Å². The Morgan fingerprint density at radius 1 is 1.07 bits per heavy atom. The van der Waals surface area contributed by atoms with Crippen LogP contribution in [0.15, 0.2) is 24.3 Å². The van der Waals surface area contributed by atoms with Crippen LogP contribution in [0.3, 0.4) is 0 Å².